The first-order valence-electron chi connectivity index (χ1n) is 5.16. The summed E-state index contributed by atoms with van der Waals surface area (Å²) in [5.74, 6) is -0.641. The van der Waals surface area contributed by atoms with Gasteiger partial charge in [-0.1, -0.05) is 0 Å². The fraction of sp³-hybridized carbons (Fsp3) is 0.600. The molecule has 0 aromatic carbocycles. The molecular formula is C10H13F3N2O2S. The van der Waals surface area contributed by atoms with Gasteiger partial charge in [-0.2, -0.15) is 13.2 Å². The minimum atomic E-state index is -4.30. The summed E-state index contributed by atoms with van der Waals surface area (Å²) in [6, 6.07) is 0. The second-order valence-corrected chi connectivity index (χ2v) is 4.70. The third-order valence-electron chi connectivity index (χ3n) is 2.19. The highest BCUT2D eigenvalue weighted by Crippen LogP contribution is 2.28. The number of rotatable bonds is 4. The topological polar surface area (TPSA) is 42.4 Å². The Labute approximate surface area is 106 Å². The first kappa shape index (κ1) is 14.7. The molecule has 0 radical (unpaired) electrons. The molecule has 0 bridgehead atoms. The van der Waals surface area contributed by atoms with Crippen molar-refractivity contribution < 1.29 is 22.7 Å². The highest BCUT2D eigenvalue weighted by atomic mass is 32.1. The van der Waals surface area contributed by atoms with Gasteiger partial charge in [-0.25, -0.2) is 9.78 Å². The van der Waals surface area contributed by atoms with Gasteiger partial charge < -0.3 is 9.64 Å². The van der Waals surface area contributed by atoms with E-state index in [0.29, 0.717) is 4.88 Å². The third-order valence-corrected chi connectivity index (χ3v) is 3.22. The number of carbonyl (C=O) groups excluding carboxylic acids is 1. The molecule has 1 aromatic rings. The van der Waals surface area contributed by atoms with E-state index in [2.05, 4.69) is 9.72 Å². The van der Waals surface area contributed by atoms with E-state index in [1.165, 1.54) is 7.11 Å². The second-order valence-electron chi connectivity index (χ2n) is 3.52. The van der Waals surface area contributed by atoms with E-state index >= 15 is 0 Å². The van der Waals surface area contributed by atoms with Gasteiger partial charge in [-0.15, -0.1) is 11.3 Å². The maximum absolute atomic E-state index is 12.4. The van der Waals surface area contributed by atoms with Crippen molar-refractivity contribution in [2.45, 2.75) is 20.0 Å². The molecule has 0 saturated carbocycles. The number of halogens is 3. The molecule has 0 unspecified atom stereocenters. The summed E-state index contributed by atoms with van der Waals surface area (Å²) in [5, 5.41) is 0.174. The van der Waals surface area contributed by atoms with Crippen LogP contribution in [0.15, 0.2) is 0 Å². The van der Waals surface area contributed by atoms with Crippen LogP contribution in [0.3, 0.4) is 0 Å². The normalized spacial score (nSPS) is 11.4. The monoisotopic (exact) mass is 282 g/mol. The molecule has 0 aliphatic rings. The van der Waals surface area contributed by atoms with E-state index < -0.39 is 18.7 Å². The summed E-state index contributed by atoms with van der Waals surface area (Å²) in [5.41, 5.74) is 0.0677. The van der Waals surface area contributed by atoms with Crippen molar-refractivity contribution in [1.29, 1.82) is 0 Å². The number of hydrogen-bond acceptors (Lipinski definition) is 5. The van der Waals surface area contributed by atoms with Crippen molar-refractivity contribution >= 4 is 22.4 Å². The molecule has 1 rings (SSSR count). The number of esters is 1. The number of alkyl halides is 3. The number of methoxy groups -OCH3 is 1. The smallest absolute Gasteiger partial charge is 0.406 e. The predicted molar refractivity (Wildman–Crippen MR) is 62.1 cm³/mol. The zero-order valence-electron chi connectivity index (χ0n) is 10.2. The lowest BCUT2D eigenvalue weighted by Gasteiger charge is -2.21. The zero-order chi connectivity index (χ0) is 13.9. The van der Waals surface area contributed by atoms with Gasteiger partial charge in [-0.3, -0.25) is 0 Å². The van der Waals surface area contributed by atoms with Crippen LogP contribution in [-0.4, -0.2) is 37.3 Å². The van der Waals surface area contributed by atoms with Crippen molar-refractivity contribution in [2.24, 2.45) is 0 Å². The number of aromatic nitrogens is 1. The summed E-state index contributed by atoms with van der Waals surface area (Å²) in [6.07, 6.45) is -4.30. The molecule has 1 heterocycles. The fourth-order valence-electron chi connectivity index (χ4n) is 1.33. The Morgan fingerprint density at radius 1 is 1.50 bits per heavy atom. The summed E-state index contributed by atoms with van der Waals surface area (Å²) in [6.45, 7) is 2.29. The van der Waals surface area contributed by atoms with Crippen LogP contribution in [0, 0.1) is 6.92 Å². The molecular weight excluding hydrogens is 269 g/mol. The summed E-state index contributed by atoms with van der Waals surface area (Å²) in [4.78, 5) is 16.8. The first-order valence-corrected chi connectivity index (χ1v) is 5.97. The maximum Gasteiger partial charge on any atom is 0.406 e. The molecule has 0 spiro atoms. The van der Waals surface area contributed by atoms with Crippen molar-refractivity contribution in [3.05, 3.63) is 10.6 Å². The number of carbonyl (C=O) groups is 1. The fourth-order valence-corrected chi connectivity index (χ4v) is 2.29. The Morgan fingerprint density at radius 2 is 2.11 bits per heavy atom. The van der Waals surface area contributed by atoms with E-state index in [4.69, 9.17) is 0 Å². The highest BCUT2D eigenvalue weighted by Gasteiger charge is 2.32. The van der Waals surface area contributed by atoms with Crippen LogP contribution in [0.5, 0.6) is 0 Å². The molecule has 1 aromatic heterocycles. The van der Waals surface area contributed by atoms with E-state index in [1.807, 2.05) is 0 Å². The Morgan fingerprint density at radius 3 is 2.56 bits per heavy atom. The molecule has 0 N–H and O–H groups in total. The number of aryl methyl sites for hydroxylation is 1. The van der Waals surface area contributed by atoms with E-state index in [0.717, 1.165) is 16.2 Å². The molecule has 0 amide bonds. The third kappa shape index (κ3) is 3.59. The van der Waals surface area contributed by atoms with Crippen LogP contribution in [0.25, 0.3) is 0 Å². The Balaban J connectivity index is 2.98. The van der Waals surface area contributed by atoms with Crippen molar-refractivity contribution in [3.8, 4) is 0 Å². The van der Waals surface area contributed by atoms with Gasteiger partial charge in [0, 0.05) is 11.4 Å². The molecule has 4 nitrogen and oxygen atoms in total. The Hall–Kier alpha value is -1.31. The minimum absolute atomic E-state index is 0.0677. The average Bonchev–Trinajstić information content (AvgIpc) is 2.66. The molecule has 102 valence electrons. The lowest BCUT2D eigenvalue weighted by atomic mass is 10.4. The summed E-state index contributed by atoms with van der Waals surface area (Å²) < 4.78 is 41.6. The second kappa shape index (κ2) is 5.55. The van der Waals surface area contributed by atoms with Crippen LogP contribution in [0.1, 0.15) is 22.3 Å². The average molecular weight is 282 g/mol. The standard InChI is InChI=1S/C10H13F3N2O2S/c1-4-15(5-10(11,12)13)9-14-7(6(2)18-9)8(16)17-3/h4-5H2,1-3H3. The van der Waals surface area contributed by atoms with Crippen LogP contribution >= 0.6 is 11.3 Å². The largest absolute Gasteiger partial charge is 0.464 e. The zero-order valence-corrected chi connectivity index (χ0v) is 11.0. The number of hydrogen-bond donors (Lipinski definition) is 0. The Kier molecular flexibility index (Phi) is 4.55. The van der Waals surface area contributed by atoms with E-state index in [9.17, 15) is 18.0 Å². The molecule has 8 heteroatoms. The Bertz CT molecular complexity index is 431. The van der Waals surface area contributed by atoms with E-state index in [-0.39, 0.29) is 17.4 Å². The predicted octanol–water partition coefficient (Wildman–Crippen LogP) is 2.63. The maximum atomic E-state index is 12.4. The van der Waals surface area contributed by atoms with Crippen molar-refractivity contribution in [1.82, 2.24) is 4.98 Å². The molecule has 0 aliphatic heterocycles. The first-order chi connectivity index (χ1) is 8.28. The minimum Gasteiger partial charge on any atom is -0.464 e. The molecule has 0 fully saturated rings. The summed E-state index contributed by atoms with van der Waals surface area (Å²) in [7, 11) is 1.20. The molecule has 0 aliphatic carbocycles. The van der Waals surface area contributed by atoms with Gasteiger partial charge in [-0.05, 0) is 13.8 Å². The van der Waals surface area contributed by atoms with Crippen molar-refractivity contribution in [2.75, 3.05) is 25.1 Å². The van der Waals surface area contributed by atoms with E-state index in [1.54, 1.807) is 13.8 Å². The summed E-state index contributed by atoms with van der Waals surface area (Å²) >= 11 is 1.05. The molecule has 0 saturated heterocycles. The molecule has 0 atom stereocenters. The van der Waals surface area contributed by atoms with Gasteiger partial charge in [0.1, 0.15) is 6.54 Å². The van der Waals surface area contributed by atoms with Crippen molar-refractivity contribution in [3.63, 3.8) is 0 Å². The number of anilines is 1. The van der Waals surface area contributed by atoms with Gasteiger partial charge in [0.2, 0.25) is 0 Å². The van der Waals surface area contributed by atoms with Crippen LogP contribution in [0.2, 0.25) is 0 Å². The van der Waals surface area contributed by atoms with Gasteiger partial charge in [0.25, 0.3) is 0 Å². The molecule has 18 heavy (non-hydrogen) atoms. The highest BCUT2D eigenvalue weighted by molar-refractivity contribution is 7.15. The number of nitrogens with zero attached hydrogens (tertiary/aromatic N) is 2. The van der Waals surface area contributed by atoms with Crippen LogP contribution < -0.4 is 4.90 Å². The number of thiazole rings is 1. The number of ether oxygens (including phenoxy) is 1. The van der Waals surface area contributed by atoms with Crippen LogP contribution in [-0.2, 0) is 4.74 Å². The quantitative estimate of drug-likeness (QED) is 0.796. The van der Waals surface area contributed by atoms with Crippen LogP contribution in [0.4, 0.5) is 18.3 Å². The SMILES string of the molecule is CCN(CC(F)(F)F)c1nc(C(=O)OC)c(C)s1. The lowest BCUT2D eigenvalue weighted by Crippen LogP contribution is -2.34. The van der Waals surface area contributed by atoms with Gasteiger partial charge in [0.15, 0.2) is 10.8 Å². The van der Waals surface area contributed by atoms with Gasteiger partial charge in [0.05, 0.1) is 7.11 Å². The van der Waals surface area contributed by atoms with Gasteiger partial charge >= 0.3 is 12.1 Å². The lowest BCUT2D eigenvalue weighted by molar-refractivity contribution is -0.119.